The third-order valence-corrected chi connectivity index (χ3v) is 11.5. The SMILES string of the molecule is COc1cccc(-c2ccc3c(c2)OCC2(CCN(S(=O)(=O)c4ccc(F)cc4F)CC2)CN(C)CC(O)CNS3(=O)=O)c1. The quantitative estimate of drug-likeness (QED) is 0.441. The Morgan fingerprint density at radius 1 is 1.05 bits per heavy atom. The molecule has 0 bridgehead atoms. The zero-order valence-corrected chi connectivity index (χ0v) is 26.0. The van der Waals surface area contributed by atoms with E-state index in [0.717, 1.165) is 17.7 Å². The summed E-state index contributed by atoms with van der Waals surface area (Å²) < 4.78 is 96.3. The molecule has 5 rings (SSSR count). The lowest BCUT2D eigenvalue weighted by atomic mass is 9.79. The van der Waals surface area contributed by atoms with Crippen LogP contribution in [0.5, 0.6) is 11.5 Å². The predicted molar refractivity (Wildman–Crippen MR) is 159 cm³/mol. The highest BCUT2D eigenvalue weighted by molar-refractivity contribution is 7.89. The fraction of sp³-hybridized carbons (Fsp3) is 0.400. The van der Waals surface area contributed by atoms with Gasteiger partial charge < -0.3 is 19.5 Å². The number of hydrogen-bond donors (Lipinski definition) is 2. The maximum absolute atomic E-state index is 14.4. The van der Waals surface area contributed by atoms with E-state index in [1.807, 2.05) is 23.1 Å². The number of hydrogen-bond acceptors (Lipinski definition) is 8. The van der Waals surface area contributed by atoms with Crippen LogP contribution in [-0.2, 0) is 20.0 Å². The molecular weight excluding hydrogens is 616 g/mol. The summed E-state index contributed by atoms with van der Waals surface area (Å²) >= 11 is 0. The van der Waals surface area contributed by atoms with Gasteiger partial charge in [-0.2, -0.15) is 4.31 Å². The third kappa shape index (κ3) is 6.90. The van der Waals surface area contributed by atoms with Gasteiger partial charge in [0.15, 0.2) is 0 Å². The molecule has 0 aromatic heterocycles. The molecule has 1 unspecified atom stereocenters. The highest BCUT2D eigenvalue weighted by Crippen LogP contribution is 2.38. The highest BCUT2D eigenvalue weighted by Gasteiger charge is 2.41. The first-order valence-electron chi connectivity index (χ1n) is 14.0. The number of aliphatic hydroxyl groups excluding tert-OH is 1. The predicted octanol–water partition coefficient (Wildman–Crippen LogP) is 3.07. The summed E-state index contributed by atoms with van der Waals surface area (Å²) in [5.41, 5.74) is 0.837. The van der Waals surface area contributed by atoms with Crippen molar-refractivity contribution in [1.82, 2.24) is 13.9 Å². The van der Waals surface area contributed by atoms with Gasteiger partial charge in [0.05, 0.1) is 19.8 Å². The summed E-state index contributed by atoms with van der Waals surface area (Å²) in [7, 11) is -4.96. The normalized spacial score (nSPS) is 21.4. The molecule has 3 aromatic carbocycles. The van der Waals surface area contributed by atoms with Crippen molar-refractivity contribution < 1.29 is 40.2 Å². The molecule has 2 aliphatic rings. The number of benzene rings is 3. The summed E-state index contributed by atoms with van der Waals surface area (Å²) in [6.45, 7) is 0.489. The van der Waals surface area contributed by atoms with Crippen LogP contribution in [0.15, 0.2) is 70.5 Å². The number of nitrogens with one attached hydrogen (secondary N) is 1. The number of methoxy groups -OCH3 is 1. The van der Waals surface area contributed by atoms with Crippen molar-refractivity contribution in [1.29, 1.82) is 0 Å². The Kier molecular flexibility index (Phi) is 9.31. The second kappa shape index (κ2) is 12.7. The van der Waals surface area contributed by atoms with Crippen molar-refractivity contribution in [2.45, 2.75) is 28.7 Å². The van der Waals surface area contributed by atoms with Crippen LogP contribution in [0.3, 0.4) is 0 Å². The standard InChI is InChI=1S/C30H35F2N3O7S2/c1-34-18-24(36)17-33-43(37,38)29-8-6-22(21-4-3-5-25(14-21)41-2)15-27(29)42-20-30(19-34)10-12-35(13-11-30)44(39,40)28-9-7-23(31)16-26(28)32/h3-9,14-16,24,33,36H,10-13,17-20H2,1-2H3. The van der Waals surface area contributed by atoms with E-state index in [2.05, 4.69) is 4.72 Å². The lowest BCUT2D eigenvalue weighted by Gasteiger charge is -2.43. The summed E-state index contributed by atoms with van der Waals surface area (Å²) in [6.07, 6.45) is -0.384. The second-order valence-corrected chi connectivity index (χ2v) is 15.0. The number of sulfonamides is 2. The maximum Gasteiger partial charge on any atom is 0.245 e. The van der Waals surface area contributed by atoms with E-state index in [0.29, 0.717) is 36.8 Å². The van der Waals surface area contributed by atoms with Gasteiger partial charge >= 0.3 is 0 Å². The second-order valence-electron chi connectivity index (χ2n) is 11.4. The van der Waals surface area contributed by atoms with E-state index >= 15 is 0 Å². The van der Waals surface area contributed by atoms with E-state index in [4.69, 9.17) is 9.47 Å². The molecule has 14 heteroatoms. The Labute approximate surface area is 256 Å². The largest absolute Gasteiger partial charge is 0.497 e. The van der Waals surface area contributed by atoms with Crippen molar-refractivity contribution >= 4 is 20.0 Å². The zero-order valence-electron chi connectivity index (χ0n) is 24.4. The van der Waals surface area contributed by atoms with E-state index in [9.17, 15) is 30.7 Å². The van der Waals surface area contributed by atoms with Crippen molar-refractivity contribution in [3.05, 3.63) is 72.3 Å². The Balaban J connectivity index is 1.47. The fourth-order valence-electron chi connectivity index (χ4n) is 5.77. The number of rotatable bonds is 4. The summed E-state index contributed by atoms with van der Waals surface area (Å²) in [4.78, 5) is 1.18. The Morgan fingerprint density at radius 2 is 1.77 bits per heavy atom. The molecule has 44 heavy (non-hydrogen) atoms. The monoisotopic (exact) mass is 651 g/mol. The molecule has 1 spiro atoms. The summed E-state index contributed by atoms with van der Waals surface area (Å²) in [6, 6.07) is 14.4. The number of nitrogens with zero attached hydrogens (tertiary/aromatic N) is 2. The topological polar surface area (TPSA) is 125 Å². The number of β-amino-alcohol motifs (C(OH)–C–C–N with tert-alkyl or cyclic N) is 1. The van der Waals surface area contributed by atoms with Crippen molar-refractivity contribution in [2.24, 2.45) is 5.41 Å². The van der Waals surface area contributed by atoms with E-state index in [-0.39, 0.29) is 43.4 Å². The van der Waals surface area contributed by atoms with Gasteiger partial charge in [-0.3, -0.25) is 0 Å². The minimum atomic E-state index is -4.23. The molecule has 2 aliphatic heterocycles. The Bertz CT molecular complexity index is 1730. The Hall–Kier alpha value is -3.14. The highest BCUT2D eigenvalue weighted by atomic mass is 32.2. The van der Waals surface area contributed by atoms with Gasteiger partial charge in [0.1, 0.15) is 32.9 Å². The number of likely N-dealkylation sites (N-methyl/N-ethyl adjacent to an activating group) is 1. The van der Waals surface area contributed by atoms with Gasteiger partial charge in [-0.25, -0.2) is 30.3 Å². The summed E-state index contributed by atoms with van der Waals surface area (Å²) in [5, 5.41) is 10.6. The number of aliphatic hydroxyl groups is 1. The van der Waals surface area contributed by atoms with Crippen LogP contribution in [0.2, 0.25) is 0 Å². The Morgan fingerprint density at radius 3 is 2.48 bits per heavy atom. The van der Waals surface area contributed by atoms with Crippen LogP contribution >= 0.6 is 0 Å². The molecule has 1 atom stereocenters. The van der Waals surface area contributed by atoms with Gasteiger partial charge in [-0.05, 0) is 67.4 Å². The summed E-state index contributed by atoms with van der Waals surface area (Å²) in [5.74, 6) is -1.30. The minimum Gasteiger partial charge on any atom is -0.497 e. The maximum atomic E-state index is 14.4. The lowest BCUT2D eigenvalue weighted by molar-refractivity contribution is 0.0318. The molecule has 1 fully saturated rings. The number of ether oxygens (including phenoxy) is 2. The van der Waals surface area contributed by atoms with Crippen LogP contribution in [0.4, 0.5) is 8.78 Å². The molecule has 2 heterocycles. The van der Waals surface area contributed by atoms with E-state index in [1.165, 1.54) is 10.4 Å². The van der Waals surface area contributed by atoms with Gasteiger partial charge in [-0.1, -0.05) is 18.2 Å². The van der Waals surface area contributed by atoms with Gasteiger partial charge in [0.2, 0.25) is 20.0 Å². The molecule has 0 amide bonds. The molecule has 0 aliphatic carbocycles. The number of fused-ring (bicyclic) bond motifs is 1. The van der Waals surface area contributed by atoms with Gasteiger partial charge in [0, 0.05) is 44.2 Å². The lowest BCUT2D eigenvalue weighted by Crippen LogP contribution is -2.51. The molecule has 3 aromatic rings. The van der Waals surface area contributed by atoms with Crippen molar-refractivity contribution in [3.63, 3.8) is 0 Å². The van der Waals surface area contributed by atoms with Crippen LogP contribution in [0, 0.1) is 17.0 Å². The third-order valence-electron chi connectivity index (χ3n) is 8.10. The first-order chi connectivity index (χ1) is 20.8. The first kappa shape index (κ1) is 32.3. The molecule has 0 radical (unpaired) electrons. The molecular formula is C30H35F2N3O7S2. The first-order valence-corrected chi connectivity index (χ1v) is 17.0. The number of halogens is 2. The average Bonchev–Trinajstić information content (AvgIpc) is 2.98. The van der Waals surface area contributed by atoms with E-state index < -0.39 is 48.1 Å². The molecule has 0 saturated carbocycles. The zero-order chi connectivity index (χ0) is 31.7. The molecule has 10 nitrogen and oxygen atoms in total. The average molecular weight is 652 g/mol. The molecule has 1 saturated heterocycles. The van der Waals surface area contributed by atoms with Crippen LogP contribution < -0.4 is 14.2 Å². The van der Waals surface area contributed by atoms with Crippen LogP contribution in [-0.4, -0.2) is 90.7 Å². The van der Waals surface area contributed by atoms with Crippen molar-refractivity contribution in [2.75, 3.05) is 53.5 Å². The molecule has 2 N–H and O–H groups in total. The van der Waals surface area contributed by atoms with Gasteiger partial charge in [0.25, 0.3) is 0 Å². The van der Waals surface area contributed by atoms with Crippen LogP contribution in [0.1, 0.15) is 12.8 Å². The smallest absolute Gasteiger partial charge is 0.245 e. The fourth-order valence-corrected chi connectivity index (χ4v) is 8.46. The van der Waals surface area contributed by atoms with Crippen LogP contribution in [0.25, 0.3) is 11.1 Å². The number of piperidine rings is 1. The van der Waals surface area contributed by atoms with Crippen molar-refractivity contribution in [3.8, 4) is 22.6 Å². The van der Waals surface area contributed by atoms with Gasteiger partial charge in [-0.15, -0.1) is 0 Å². The minimum absolute atomic E-state index is 0.0372. The van der Waals surface area contributed by atoms with E-state index in [1.54, 1.807) is 32.4 Å². The molecule has 238 valence electrons.